The monoisotopic (exact) mass is 222 g/mol. The molecular formula is C12H14O4. The summed E-state index contributed by atoms with van der Waals surface area (Å²) in [5, 5.41) is 19.3. The largest absolute Gasteiger partial charge is 0.493 e. The number of ether oxygens (including phenoxy) is 1. The maximum absolute atomic E-state index is 9.43. The number of hydrogen-bond donors (Lipinski definition) is 2. The van der Waals surface area contributed by atoms with Crippen molar-refractivity contribution >= 4 is 11.0 Å². The summed E-state index contributed by atoms with van der Waals surface area (Å²) in [6.45, 7) is 1.58. The van der Waals surface area contributed by atoms with E-state index < -0.39 is 6.10 Å². The van der Waals surface area contributed by atoms with Crippen molar-refractivity contribution in [1.82, 2.24) is 0 Å². The van der Waals surface area contributed by atoms with Gasteiger partial charge in [-0.1, -0.05) is 0 Å². The summed E-state index contributed by atoms with van der Waals surface area (Å²) in [7, 11) is 1.54. The lowest BCUT2D eigenvalue weighted by Crippen LogP contribution is -1.87. The highest BCUT2D eigenvalue weighted by molar-refractivity contribution is 5.84. The smallest absolute Gasteiger partial charge is 0.176 e. The van der Waals surface area contributed by atoms with E-state index in [-0.39, 0.29) is 6.61 Å². The van der Waals surface area contributed by atoms with E-state index >= 15 is 0 Å². The Kier molecular flexibility index (Phi) is 2.85. The summed E-state index contributed by atoms with van der Waals surface area (Å²) < 4.78 is 10.7. The fourth-order valence-corrected chi connectivity index (χ4v) is 1.65. The van der Waals surface area contributed by atoms with Crippen LogP contribution >= 0.6 is 0 Å². The van der Waals surface area contributed by atoms with Gasteiger partial charge in [-0.3, -0.25) is 0 Å². The molecule has 1 atom stereocenters. The molecule has 0 aliphatic rings. The van der Waals surface area contributed by atoms with Gasteiger partial charge in [-0.2, -0.15) is 0 Å². The predicted molar refractivity (Wildman–Crippen MR) is 59.3 cm³/mol. The van der Waals surface area contributed by atoms with Crippen LogP contribution in [-0.4, -0.2) is 17.3 Å². The first-order valence-electron chi connectivity index (χ1n) is 5.05. The summed E-state index contributed by atoms with van der Waals surface area (Å²) in [6, 6.07) is 5.28. The van der Waals surface area contributed by atoms with Crippen LogP contribution in [0.4, 0.5) is 0 Å². The third-order valence-corrected chi connectivity index (χ3v) is 2.48. The SMILES string of the molecule is COc1cc(CO)cc2cc(C(C)O)oc12. The second-order valence-electron chi connectivity index (χ2n) is 3.70. The Morgan fingerprint density at radius 1 is 1.38 bits per heavy atom. The van der Waals surface area contributed by atoms with E-state index in [2.05, 4.69) is 0 Å². The van der Waals surface area contributed by atoms with Crippen LogP contribution in [0.5, 0.6) is 5.75 Å². The van der Waals surface area contributed by atoms with Crippen LogP contribution in [0.3, 0.4) is 0 Å². The number of rotatable bonds is 3. The Morgan fingerprint density at radius 2 is 2.12 bits per heavy atom. The summed E-state index contributed by atoms with van der Waals surface area (Å²) in [6.07, 6.45) is -0.658. The van der Waals surface area contributed by atoms with Crippen LogP contribution in [-0.2, 0) is 6.61 Å². The maximum atomic E-state index is 9.43. The summed E-state index contributed by atoms with van der Waals surface area (Å²) in [5.74, 6) is 1.05. The highest BCUT2D eigenvalue weighted by Crippen LogP contribution is 2.32. The van der Waals surface area contributed by atoms with E-state index in [4.69, 9.17) is 14.3 Å². The molecule has 0 aliphatic carbocycles. The standard InChI is InChI=1S/C12H14O4/c1-7(14)10-5-9-3-8(6-13)4-11(15-2)12(9)16-10/h3-5,7,13-14H,6H2,1-2H3. The number of furan rings is 1. The Labute approximate surface area is 93.1 Å². The van der Waals surface area contributed by atoms with Gasteiger partial charge in [0.1, 0.15) is 11.9 Å². The molecule has 4 heteroatoms. The first kappa shape index (κ1) is 11.0. The van der Waals surface area contributed by atoms with Crippen molar-refractivity contribution in [3.63, 3.8) is 0 Å². The Hall–Kier alpha value is -1.52. The second kappa shape index (κ2) is 4.15. The number of aliphatic hydroxyl groups is 2. The zero-order valence-corrected chi connectivity index (χ0v) is 9.23. The van der Waals surface area contributed by atoms with Crippen molar-refractivity contribution < 1.29 is 19.4 Å². The Bertz CT molecular complexity index is 499. The summed E-state index contributed by atoms with van der Waals surface area (Å²) in [5.41, 5.74) is 1.35. The molecule has 86 valence electrons. The molecule has 1 heterocycles. The van der Waals surface area contributed by atoms with E-state index in [9.17, 15) is 5.11 Å². The third-order valence-electron chi connectivity index (χ3n) is 2.48. The van der Waals surface area contributed by atoms with E-state index in [0.29, 0.717) is 17.1 Å². The minimum Gasteiger partial charge on any atom is -0.493 e. The van der Waals surface area contributed by atoms with Crippen molar-refractivity contribution in [2.45, 2.75) is 19.6 Å². The lowest BCUT2D eigenvalue weighted by Gasteiger charge is -2.03. The van der Waals surface area contributed by atoms with Gasteiger partial charge in [0.25, 0.3) is 0 Å². The molecule has 0 saturated carbocycles. The van der Waals surface area contributed by atoms with Gasteiger partial charge < -0.3 is 19.4 Å². The molecule has 16 heavy (non-hydrogen) atoms. The molecule has 0 bridgehead atoms. The van der Waals surface area contributed by atoms with E-state index in [1.165, 1.54) is 0 Å². The molecule has 0 fully saturated rings. The zero-order valence-electron chi connectivity index (χ0n) is 9.23. The van der Waals surface area contributed by atoms with Crippen LogP contribution < -0.4 is 4.74 Å². The number of hydrogen-bond acceptors (Lipinski definition) is 4. The second-order valence-corrected chi connectivity index (χ2v) is 3.70. The molecule has 0 radical (unpaired) electrons. The number of benzene rings is 1. The molecule has 2 aromatic rings. The van der Waals surface area contributed by atoms with Crippen molar-refractivity contribution in [3.05, 3.63) is 29.5 Å². The molecule has 0 saturated heterocycles. The van der Waals surface area contributed by atoms with Crippen LogP contribution in [0.2, 0.25) is 0 Å². The lowest BCUT2D eigenvalue weighted by molar-refractivity contribution is 0.172. The van der Waals surface area contributed by atoms with Crippen molar-refractivity contribution in [2.24, 2.45) is 0 Å². The average Bonchev–Trinajstić information content (AvgIpc) is 2.71. The lowest BCUT2D eigenvalue weighted by atomic mass is 10.1. The van der Waals surface area contributed by atoms with Crippen LogP contribution in [0.1, 0.15) is 24.4 Å². The van der Waals surface area contributed by atoms with E-state index in [1.54, 1.807) is 26.2 Å². The number of aliphatic hydroxyl groups excluding tert-OH is 2. The van der Waals surface area contributed by atoms with Crippen molar-refractivity contribution in [3.8, 4) is 5.75 Å². The maximum Gasteiger partial charge on any atom is 0.176 e. The van der Waals surface area contributed by atoms with Crippen LogP contribution in [0.25, 0.3) is 11.0 Å². The zero-order chi connectivity index (χ0) is 11.7. The molecule has 4 nitrogen and oxygen atoms in total. The van der Waals surface area contributed by atoms with Gasteiger partial charge in [0, 0.05) is 5.39 Å². The van der Waals surface area contributed by atoms with Gasteiger partial charge >= 0.3 is 0 Å². The molecule has 0 aliphatic heterocycles. The number of methoxy groups -OCH3 is 1. The normalized spacial score (nSPS) is 13.0. The average molecular weight is 222 g/mol. The van der Waals surface area contributed by atoms with Gasteiger partial charge in [-0.05, 0) is 30.7 Å². The Balaban J connectivity index is 2.65. The molecule has 1 aromatic carbocycles. The quantitative estimate of drug-likeness (QED) is 0.833. The van der Waals surface area contributed by atoms with E-state index in [1.807, 2.05) is 6.07 Å². The van der Waals surface area contributed by atoms with Gasteiger partial charge in [0.15, 0.2) is 11.3 Å². The van der Waals surface area contributed by atoms with Crippen molar-refractivity contribution in [1.29, 1.82) is 0 Å². The van der Waals surface area contributed by atoms with Gasteiger partial charge in [0.05, 0.1) is 13.7 Å². The van der Waals surface area contributed by atoms with Crippen LogP contribution in [0.15, 0.2) is 22.6 Å². The summed E-state index contributed by atoms with van der Waals surface area (Å²) in [4.78, 5) is 0. The first-order chi connectivity index (χ1) is 7.65. The van der Waals surface area contributed by atoms with Crippen LogP contribution in [0, 0.1) is 0 Å². The highest BCUT2D eigenvalue weighted by atomic mass is 16.5. The van der Waals surface area contributed by atoms with Gasteiger partial charge in [-0.25, -0.2) is 0 Å². The highest BCUT2D eigenvalue weighted by Gasteiger charge is 2.13. The fraction of sp³-hybridized carbons (Fsp3) is 0.333. The summed E-state index contributed by atoms with van der Waals surface area (Å²) >= 11 is 0. The molecule has 2 N–H and O–H groups in total. The topological polar surface area (TPSA) is 62.8 Å². The molecule has 1 unspecified atom stereocenters. The predicted octanol–water partition coefficient (Wildman–Crippen LogP) is 1.99. The molecule has 0 amide bonds. The fourth-order valence-electron chi connectivity index (χ4n) is 1.65. The Morgan fingerprint density at radius 3 is 2.69 bits per heavy atom. The van der Waals surface area contributed by atoms with E-state index in [0.717, 1.165) is 10.9 Å². The van der Waals surface area contributed by atoms with Gasteiger partial charge in [-0.15, -0.1) is 0 Å². The number of fused-ring (bicyclic) bond motifs is 1. The minimum absolute atomic E-state index is 0.0541. The van der Waals surface area contributed by atoms with Crippen molar-refractivity contribution in [2.75, 3.05) is 7.11 Å². The molecule has 0 spiro atoms. The minimum atomic E-state index is -0.658. The molecular weight excluding hydrogens is 208 g/mol. The van der Waals surface area contributed by atoms with Gasteiger partial charge in [0.2, 0.25) is 0 Å². The third kappa shape index (κ3) is 1.77. The molecule has 2 rings (SSSR count). The first-order valence-corrected chi connectivity index (χ1v) is 5.05. The molecule has 1 aromatic heterocycles.